The third-order valence-corrected chi connectivity index (χ3v) is 2.04. The number of hydrogen-bond donors (Lipinski definition) is 0. The van der Waals surface area contributed by atoms with Crippen molar-refractivity contribution in [2.24, 2.45) is 0 Å². The average molecular weight is 202 g/mol. The van der Waals surface area contributed by atoms with Crippen molar-refractivity contribution in [3.8, 4) is 0 Å². The molecule has 5 heteroatoms. The molecular weight excluding hydrogens is 188 g/mol. The van der Waals surface area contributed by atoms with Crippen LogP contribution in [0.15, 0.2) is 0 Å². The van der Waals surface area contributed by atoms with Crippen molar-refractivity contribution in [3.05, 3.63) is 0 Å². The lowest BCUT2D eigenvalue weighted by atomic mass is 9.98. The van der Waals surface area contributed by atoms with Gasteiger partial charge in [0.2, 0.25) is 0 Å². The Bertz CT molecular complexity index is 207. The number of carbonyl (C=O) groups is 2. The van der Waals surface area contributed by atoms with Crippen LogP contribution in [0.3, 0.4) is 0 Å². The van der Waals surface area contributed by atoms with Gasteiger partial charge in [-0.1, -0.05) is 6.42 Å². The Kier molecular flexibility index (Phi) is 4.22. The highest BCUT2D eigenvalue weighted by molar-refractivity contribution is 5.67. The van der Waals surface area contributed by atoms with Crippen LogP contribution in [0.1, 0.15) is 39.0 Å². The van der Waals surface area contributed by atoms with Gasteiger partial charge in [-0.15, -0.1) is 0 Å². The second-order valence-corrected chi connectivity index (χ2v) is 3.29. The Hall–Kier alpha value is -1.26. The molecule has 1 aliphatic carbocycles. The van der Waals surface area contributed by atoms with Gasteiger partial charge in [0, 0.05) is 6.92 Å². The molecule has 0 saturated heterocycles. The first-order valence-corrected chi connectivity index (χ1v) is 4.74. The molecule has 0 amide bonds. The number of carbonyl (C=O) groups excluding carboxylic acids is 2. The summed E-state index contributed by atoms with van der Waals surface area (Å²) in [6, 6.07) is 0. The van der Waals surface area contributed by atoms with E-state index in [2.05, 4.69) is 9.78 Å². The predicted molar refractivity (Wildman–Crippen MR) is 46.2 cm³/mol. The second-order valence-electron chi connectivity index (χ2n) is 3.29. The smallest absolute Gasteiger partial charge is 0.428 e. The van der Waals surface area contributed by atoms with Gasteiger partial charge >= 0.3 is 12.1 Å². The molecule has 80 valence electrons. The standard InChI is InChI=1S/C9H14O5/c1-7(10)13-14-9(11)12-8-5-3-2-4-6-8/h8H,2-6H2,1H3. The van der Waals surface area contributed by atoms with Crippen molar-refractivity contribution in [2.45, 2.75) is 45.1 Å². The first-order chi connectivity index (χ1) is 6.68. The van der Waals surface area contributed by atoms with E-state index in [4.69, 9.17) is 4.74 Å². The molecule has 0 spiro atoms. The molecule has 1 fully saturated rings. The molecule has 14 heavy (non-hydrogen) atoms. The fourth-order valence-corrected chi connectivity index (χ4v) is 1.43. The van der Waals surface area contributed by atoms with Gasteiger partial charge in [-0.2, -0.15) is 4.79 Å². The molecule has 0 N–H and O–H groups in total. The SMILES string of the molecule is CC(=O)OOC(=O)OC1CCCCC1. The average Bonchev–Trinajstić information content (AvgIpc) is 2.16. The van der Waals surface area contributed by atoms with Crippen LogP contribution in [-0.2, 0) is 19.3 Å². The number of ether oxygens (including phenoxy) is 1. The molecule has 0 atom stereocenters. The van der Waals surface area contributed by atoms with E-state index in [9.17, 15) is 9.59 Å². The Labute approximate surface area is 82.2 Å². The molecule has 0 radical (unpaired) electrons. The summed E-state index contributed by atoms with van der Waals surface area (Å²) in [6.07, 6.45) is 3.99. The van der Waals surface area contributed by atoms with Gasteiger partial charge in [0.15, 0.2) is 0 Å². The quantitative estimate of drug-likeness (QED) is 0.369. The van der Waals surface area contributed by atoms with E-state index in [1.807, 2.05) is 0 Å². The monoisotopic (exact) mass is 202 g/mol. The first kappa shape index (κ1) is 10.8. The van der Waals surface area contributed by atoms with E-state index in [-0.39, 0.29) is 6.10 Å². The molecule has 5 nitrogen and oxygen atoms in total. The van der Waals surface area contributed by atoms with Crippen LogP contribution in [-0.4, -0.2) is 18.2 Å². The third-order valence-electron chi connectivity index (χ3n) is 2.04. The predicted octanol–water partition coefficient (Wildman–Crippen LogP) is 1.95. The summed E-state index contributed by atoms with van der Waals surface area (Å²) in [6.45, 7) is 1.15. The third kappa shape index (κ3) is 4.11. The molecule has 1 saturated carbocycles. The maximum Gasteiger partial charge on any atom is 0.550 e. The largest absolute Gasteiger partial charge is 0.550 e. The van der Waals surface area contributed by atoms with E-state index < -0.39 is 12.1 Å². The van der Waals surface area contributed by atoms with Gasteiger partial charge < -0.3 is 4.74 Å². The highest BCUT2D eigenvalue weighted by Crippen LogP contribution is 2.20. The maximum absolute atomic E-state index is 10.9. The van der Waals surface area contributed by atoms with Crippen LogP contribution in [0, 0.1) is 0 Å². The van der Waals surface area contributed by atoms with Crippen LogP contribution in [0.25, 0.3) is 0 Å². The highest BCUT2D eigenvalue weighted by atomic mass is 17.2. The summed E-state index contributed by atoms with van der Waals surface area (Å²) < 4.78 is 4.90. The molecule has 0 heterocycles. The second kappa shape index (κ2) is 5.47. The molecule has 1 rings (SSSR count). The molecule has 0 aliphatic heterocycles. The molecule has 0 unspecified atom stereocenters. The van der Waals surface area contributed by atoms with Gasteiger partial charge in [-0.05, 0) is 25.7 Å². The molecule has 0 aromatic heterocycles. The molecule has 0 aromatic carbocycles. The van der Waals surface area contributed by atoms with Crippen molar-refractivity contribution in [1.82, 2.24) is 0 Å². The van der Waals surface area contributed by atoms with Crippen molar-refractivity contribution < 1.29 is 24.1 Å². The summed E-state index contributed by atoms with van der Waals surface area (Å²) in [5.41, 5.74) is 0. The van der Waals surface area contributed by atoms with Gasteiger partial charge in [-0.3, -0.25) is 0 Å². The summed E-state index contributed by atoms with van der Waals surface area (Å²) in [7, 11) is 0. The van der Waals surface area contributed by atoms with Crippen molar-refractivity contribution >= 4 is 12.1 Å². The van der Waals surface area contributed by atoms with E-state index in [0.29, 0.717) is 0 Å². The zero-order valence-electron chi connectivity index (χ0n) is 8.15. The Morgan fingerprint density at radius 3 is 2.29 bits per heavy atom. The summed E-state index contributed by atoms with van der Waals surface area (Å²) >= 11 is 0. The van der Waals surface area contributed by atoms with Crippen molar-refractivity contribution in [1.29, 1.82) is 0 Å². The molecular formula is C9H14O5. The minimum atomic E-state index is -0.938. The molecule has 0 bridgehead atoms. The van der Waals surface area contributed by atoms with E-state index in [1.165, 1.54) is 6.42 Å². The Balaban J connectivity index is 2.15. The van der Waals surface area contributed by atoms with Crippen molar-refractivity contribution in [3.63, 3.8) is 0 Å². The van der Waals surface area contributed by atoms with Crippen LogP contribution in [0.2, 0.25) is 0 Å². The Morgan fingerprint density at radius 1 is 1.07 bits per heavy atom. The fourth-order valence-electron chi connectivity index (χ4n) is 1.43. The summed E-state index contributed by atoms with van der Waals surface area (Å²) in [5.74, 6) is -0.675. The molecule has 1 aliphatic rings. The highest BCUT2D eigenvalue weighted by Gasteiger charge is 2.19. The van der Waals surface area contributed by atoms with E-state index in [1.54, 1.807) is 0 Å². The zero-order chi connectivity index (χ0) is 10.4. The molecule has 0 aromatic rings. The van der Waals surface area contributed by atoms with Crippen molar-refractivity contribution in [2.75, 3.05) is 0 Å². The van der Waals surface area contributed by atoms with Gasteiger partial charge in [-0.25, -0.2) is 14.6 Å². The van der Waals surface area contributed by atoms with E-state index in [0.717, 1.165) is 32.6 Å². The van der Waals surface area contributed by atoms with Crippen LogP contribution < -0.4 is 0 Å². The Morgan fingerprint density at radius 2 is 1.71 bits per heavy atom. The van der Waals surface area contributed by atoms with Crippen LogP contribution in [0.5, 0.6) is 0 Å². The maximum atomic E-state index is 10.9. The lowest BCUT2D eigenvalue weighted by Gasteiger charge is -2.20. The fraction of sp³-hybridized carbons (Fsp3) is 0.778. The lowest BCUT2D eigenvalue weighted by Crippen LogP contribution is -2.22. The van der Waals surface area contributed by atoms with Gasteiger partial charge in [0.1, 0.15) is 6.10 Å². The van der Waals surface area contributed by atoms with Crippen LogP contribution >= 0.6 is 0 Å². The van der Waals surface area contributed by atoms with Crippen LogP contribution in [0.4, 0.5) is 4.79 Å². The van der Waals surface area contributed by atoms with Gasteiger partial charge in [0.05, 0.1) is 0 Å². The summed E-state index contributed by atoms with van der Waals surface area (Å²) in [4.78, 5) is 29.3. The minimum Gasteiger partial charge on any atom is -0.428 e. The summed E-state index contributed by atoms with van der Waals surface area (Å²) in [5, 5.41) is 0. The normalized spacial score (nSPS) is 17.2. The minimum absolute atomic E-state index is 0.0909. The topological polar surface area (TPSA) is 61.8 Å². The van der Waals surface area contributed by atoms with Gasteiger partial charge in [0.25, 0.3) is 0 Å². The number of hydrogen-bond acceptors (Lipinski definition) is 5. The zero-order valence-corrected chi connectivity index (χ0v) is 8.15. The first-order valence-electron chi connectivity index (χ1n) is 4.74. The number of rotatable bonds is 1. The lowest BCUT2D eigenvalue weighted by molar-refractivity contribution is -0.243. The van der Waals surface area contributed by atoms with E-state index >= 15 is 0 Å².